The summed E-state index contributed by atoms with van der Waals surface area (Å²) in [5.74, 6) is -1.10. The molecule has 1 aromatic carbocycles. The van der Waals surface area contributed by atoms with Gasteiger partial charge in [0.15, 0.2) is 5.82 Å². The molecule has 25 heavy (non-hydrogen) atoms. The Morgan fingerprint density at radius 2 is 2.08 bits per heavy atom. The van der Waals surface area contributed by atoms with Crippen LogP contribution in [0.25, 0.3) is 0 Å². The van der Waals surface area contributed by atoms with E-state index in [0.717, 1.165) is 24.0 Å². The third kappa shape index (κ3) is 4.24. The maximum absolute atomic E-state index is 12.7. The van der Waals surface area contributed by atoms with Crippen LogP contribution in [0.1, 0.15) is 30.1 Å². The number of anilines is 1. The van der Waals surface area contributed by atoms with E-state index in [1.807, 2.05) is 31.2 Å². The van der Waals surface area contributed by atoms with E-state index in [0.29, 0.717) is 12.4 Å². The molecule has 1 aliphatic rings. The van der Waals surface area contributed by atoms with E-state index in [4.69, 9.17) is 9.84 Å². The van der Waals surface area contributed by atoms with Gasteiger partial charge in [-0.15, -0.1) is 0 Å². The summed E-state index contributed by atoms with van der Waals surface area (Å²) in [6.45, 7) is 2.41. The van der Waals surface area contributed by atoms with Crippen molar-refractivity contribution in [2.24, 2.45) is 5.92 Å². The fourth-order valence-electron chi connectivity index (χ4n) is 3.01. The highest BCUT2D eigenvalue weighted by Gasteiger charge is 2.33. The number of aromatic nitrogens is 2. The average molecular weight is 343 g/mol. The molecule has 0 bridgehead atoms. The average Bonchev–Trinajstić information content (AvgIpc) is 3.01. The van der Waals surface area contributed by atoms with E-state index in [-0.39, 0.29) is 24.5 Å². The molecule has 1 aromatic heterocycles. The van der Waals surface area contributed by atoms with Gasteiger partial charge < -0.3 is 15.2 Å². The molecule has 7 heteroatoms. The van der Waals surface area contributed by atoms with Crippen LogP contribution in [0.3, 0.4) is 0 Å². The smallest absolute Gasteiger partial charge is 0.325 e. The van der Waals surface area contributed by atoms with Crippen LogP contribution in [0.15, 0.2) is 36.5 Å². The lowest BCUT2D eigenvalue weighted by Gasteiger charge is -2.31. The molecule has 1 amide bonds. The summed E-state index contributed by atoms with van der Waals surface area (Å²) in [5.41, 5.74) is 2.14. The Morgan fingerprint density at radius 1 is 1.32 bits per heavy atom. The minimum Gasteiger partial charge on any atom is -0.480 e. The van der Waals surface area contributed by atoms with E-state index in [2.05, 4.69) is 10.4 Å². The minimum atomic E-state index is -0.985. The number of hydrogen-bond acceptors (Lipinski definition) is 4. The van der Waals surface area contributed by atoms with Crippen molar-refractivity contribution in [2.45, 2.75) is 32.4 Å². The molecule has 7 nitrogen and oxygen atoms in total. The molecule has 2 aromatic rings. The molecule has 2 N–H and O–H groups in total. The molecule has 3 rings (SSSR count). The molecule has 1 fully saturated rings. The first-order valence-electron chi connectivity index (χ1n) is 8.27. The summed E-state index contributed by atoms with van der Waals surface area (Å²) in [7, 11) is 0. The normalized spacial score (nSPS) is 20.2. The maximum Gasteiger partial charge on any atom is 0.325 e. The van der Waals surface area contributed by atoms with Crippen molar-refractivity contribution in [1.29, 1.82) is 0 Å². The summed E-state index contributed by atoms with van der Waals surface area (Å²) in [5, 5.41) is 15.6. The van der Waals surface area contributed by atoms with Gasteiger partial charge in [0.2, 0.25) is 5.91 Å². The number of amides is 1. The van der Waals surface area contributed by atoms with Crippen LogP contribution in [-0.2, 0) is 20.9 Å². The van der Waals surface area contributed by atoms with E-state index in [1.165, 1.54) is 10.9 Å². The van der Waals surface area contributed by atoms with Gasteiger partial charge in [-0.2, -0.15) is 5.10 Å². The van der Waals surface area contributed by atoms with Crippen LogP contribution < -0.4 is 5.32 Å². The predicted molar refractivity (Wildman–Crippen MR) is 91.1 cm³/mol. The summed E-state index contributed by atoms with van der Waals surface area (Å²) in [4.78, 5) is 23.4. The fraction of sp³-hybridized carbons (Fsp3) is 0.389. The quantitative estimate of drug-likeness (QED) is 0.869. The SMILES string of the molecule is Cc1ccc(C2OCCCC2C(=O)Nc2ccn(CC(=O)O)n2)cc1. The summed E-state index contributed by atoms with van der Waals surface area (Å²) in [6.07, 6.45) is 2.81. The van der Waals surface area contributed by atoms with Crippen LogP contribution in [0.4, 0.5) is 5.82 Å². The highest BCUT2D eigenvalue weighted by atomic mass is 16.5. The number of carbonyl (C=O) groups excluding carboxylic acids is 1. The lowest BCUT2D eigenvalue weighted by molar-refractivity contribution is -0.137. The Balaban J connectivity index is 1.71. The van der Waals surface area contributed by atoms with Gasteiger partial charge in [0.05, 0.1) is 12.0 Å². The first-order valence-corrected chi connectivity index (χ1v) is 8.27. The van der Waals surface area contributed by atoms with Crippen molar-refractivity contribution in [1.82, 2.24) is 9.78 Å². The number of ether oxygens (including phenoxy) is 1. The molecule has 2 heterocycles. The number of nitrogens with one attached hydrogen (secondary N) is 1. The van der Waals surface area contributed by atoms with E-state index in [9.17, 15) is 9.59 Å². The Labute approximate surface area is 145 Å². The maximum atomic E-state index is 12.7. The fourth-order valence-corrected chi connectivity index (χ4v) is 3.01. The largest absolute Gasteiger partial charge is 0.480 e. The van der Waals surface area contributed by atoms with Crippen LogP contribution in [0, 0.1) is 12.8 Å². The zero-order valence-corrected chi connectivity index (χ0v) is 14.0. The lowest BCUT2D eigenvalue weighted by Crippen LogP contribution is -2.33. The zero-order valence-electron chi connectivity index (χ0n) is 14.0. The molecule has 0 spiro atoms. The molecule has 1 saturated heterocycles. The van der Waals surface area contributed by atoms with Crippen molar-refractivity contribution >= 4 is 17.7 Å². The van der Waals surface area contributed by atoms with Crippen molar-refractivity contribution in [3.63, 3.8) is 0 Å². The predicted octanol–water partition coefficient (Wildman–Crippen LogP) is 2.38. The van der Waals surface area contributed by atoms with E-state index in [1.54, 1.807) is 6.07 Å². The number of carboxylic acids is 1. The topological polar surface area (TPSA) is 93.5 Å². The monoisotopic (exact) mass is 343 g/mol. The molecule has 2 unspecified atom stereocenters. The highest BCUT2D eigenvalue weighted by molar-refractivity contribution is 5.92. The molecule has 0 saturated carbocycles. The van der Waals surface area contributed by atoms with Gasteiger partial charge in [0.25, 0.3) is 0 Å². The van der Waals surface area contributed by atoms with Crippen molar-refractivity contribution in [3.05, 3.63) is 47.7 Å². The molecule has 1 aliphatic heterocycles. The third-order valence-corrected chi connectivity index (χ3v) is 4.25. The Hall–Kier alpha value is -2.67. The third-order valence-electron chi connectivity index (χ3n) is 4.25. The van der Waals surface area contributed by atoms with Gasteiger partial charge in [-0.05, 0) is 25.3 Å². The van der Waals surface area contributed by atoms with Crippen LogP contribution >= 0.6 is 0 Å². The number of carboxylic acid groups (broad SMARTS) is 1. The van der Waals surface area contributed by atoms with Crippen molar-refractivity contribution in [2.75, 3.05) is 11.9 Å². The molecule has 0 aliphatic carbocycles. The van der Waals surface area contributed by atoms with Gasteiger partial charge in [-0.25, -0.2) is 0 Å². The number of benzene rings is 1. The molecule has 0 radical (unpaired) electrons. The Kier molecular flexibility index (Phi) is 5.14. The number of carbonyl (C=O) groups is 2. The first kappa shape index (κ1) is 17.2. The van der Waals surface area contributed by atoms with Crippen LogP contribution in [0.5, 0.6) is 0 Å². The van der Waals surface area contributed by atoms with Crippen LogP contribution in [-0.4, -0.2) is 33.4 Å². The molecule has 2 atom stereocenters. The second-order valence-electron chi connectivity index (χ2n) is 6.23. The number of rotatable bonds is 5. The molecule has 132 valence electrons. The van der Waals surface area contributed by atoms with E-state index >= 15 is 0 Å². The van der Waals surface area contributed by atoms with Gasteiger partial charge >= 0.3 is 5.97 Å². The van der Waals surface area contributed by atoms with Gasteiger partial charge in [0.1, 0.15) is 6.54 Å². The van der Waals surface area contributed by atoms with Crippen LogP contribution in [0.2, 0.25) is 0 Å². The summed E-state index contributed by atoms with van der Waals surface area (Å²) >= 11 is 0. The number of aliphatic carboxylic acids is 1. The number of nitrogens with zero attached hydrogens (tertiary/aromatic N) is 2. The van der Waals surface area contributed by atoms with Gasteiger partial charge in [-0.3, -0.25) is 14.3 Å². The van der Waals surface area contributed by atoms with Crippen molar-refractivity contribution in [3.8, 4) is 0 Å². The summed E-state index contributed by atoms with van der Waals surface area (Å²) < 4.78 is 7.14. The second kappa shape index (κ2) is 7.48. The Bertz CT molecular complexity index is 754. The minimum absolute atomic E-state index is 0.161. The molecular formula is C18H21N3O4. The zero-order chi connectivity index (χ0) is 17.8. The standard InChI is InChI=1S/C18H21N3O4/c1-12-4-6-13(7-5-12)17-14(3-2-10-25-17)18(24)19-15-8-9-21(20-15)11-16(22)23/h4-9,14,17H,2-3,10-11H2,1H3,(H,22,23)(H,19,20,24). The number of hydrogen-bond donors (Lipinski definition) is 2. The van der Waals surface area contributed by atoms with E-state index < -0.39 is 5.97 Å². The second-order valence-corrected chi connectivity index (χ2v) is 6.23. The summed E-state index contributed by atoms with van der Waals surface area (Å²) in [6, 6.07) is 9.59. The van der Waals surface area contributed by atoms with Gasteiger partial charge in [-0.1, -0.05) is 29.8 Å². The molecular weight excluding hydrogens is 322 g/mol. The Morgan fingerprint density at radius 3 is 2.80 bits per heavy atom. The van der Waals surface area contributed by atoms with Crippen molar-refractivity contribution < 1.29 is 19.4 Å². The highest BCUT2D eigenvalue weighted by Crippen LogP contribution is 2.34. The van der Waals surface area contributed by atoms with Gasteiger partial charge in [0, 0.05) is 18.9 Å². The first-order chi connectivity index (χ1) is 12.0. The number of aryl methyl sites for hydroxylation is 1. The lowest BCUT2D eigenvalue weighted by atomic mass is 9.88.